The first kappa shape index (κ1) is 27.1. The summed E-state index contributed by atoms with van der Waals surface area (Å²) in [5, 5.41) is 2.54. The van der Waals surface area contributed by atoms with Crippen LogP contribution >= 0.6 is 11.5 Å². The van der Waals surface area contributed by atoms with Crippen LogP contribution in [-0.2, 0) is 14.3 Å². The number of nitrogens with zero attached hydrogens (tertiary/aromatic N) is 2. The maximum absolute atomic E-state index is 13.9. The van der Waals surface area contributed by atoms with Crippen molar-refractivity contribution in [2.45, 2.75) is 19.9 Å². The number of carbonyl (C=O) groups is 4. The van der Waals surface area contributed by atoms with Crippen LogP contribution in [-0.4, -0.2) is 48.3 Å². The number of hydrogen-bond donors (Lipinski definition) is 3. The van der Waals surface area contributed by atoms with Crippen LogP contribution in [0.1, 0.15) is 44.3 Å². The molecule has 37 heavy (non-hydrogen) atoms. The van der Waals surface area contributed by atoms with Crippen LogP contribution in [0, 0.1) is 6.92 Å². The van der Waals surface area contributed by atoms with Crippen LogP contribution in [0.5, 0.6) is 5.75 Å². The highest BCUT2D eigenvalue weighted by Crippen LogP contribution is 2.33. The van der Waals surface area contributed by atoms with Crippen LogP contribution < -0.4 is 26.4 Å². The number of hydrogen-bond acceptors (Lipinski definition) is 9. The number of nitrogens with two attached hydrogens (primary N) is 2. The minimum Gasteiger partial charge on any atom is -0.497 e. The van der Waals surface area contributed by atoms with Crippen LogP contribution in [0.4, 0.5) is 11.4 Å². The quantitative estimate of drug-likeness (QED) is 0.339. The summed E-state index contributed by atoms with van der Waals surface area (Å²) in [6, 6.07) is 12.2. The lowest BCUT2D eigenvalue weighted by atomic mass is 10.0. The monoisotopic (exact) mass is 525 g/mol. The smallest absolute Gasteiger partial charge is 0.325 e. The van der Waals surface area contributed by atoms with Crippen molar-refractivity contribution < 1.29 is 28.7 Å². The molecule has 11 nitrogen and oxygen atoms in total. The Morgan fingerprint density at radius 1 is 1.08 bits per heavy atom. The number of anilines is 2. The number of nitrogen functional groups attached to an aromatic ring is 1. The Labute approximate surface area is 217 Å². The first-order valence-electron chi connectivity index (χ1n) is 11.2. The van der Waals surface area contributed by atoms with E-state index in [4.69, 9.17) is 20.9 Å². The number of methoxy groups -OCH3 is 1. The van der Waals surface area contributed by atoms with Crippen LogP contribution in [0.15, 0.2) is 48.5 Å². The number of carbonyl (C=O) groups excluding carboxylic acids is 4. The summed E-state index contributed by atoms with van der Waals surface area (Å²) in [6.45, 7) is 3.28. The maximum Gasteiger partial charge on any atom is 0.325 e. The van der Waals surface area contributed by atoms with E-state index in [-0.39, 0.29) is 22.9 Å². The Morgan fingerprint density at radius 3 is 2.27 bits per heavy atom. The Bertz CT molecular complexity index is 1290. The van der Waals surface area contributed by atoms with E-state index in [1.54, 1.807) is 55.5 Å². The second-order valence-electron chi connectivity index (χ2n) is 7.85. The van der Waals surface area contributed by atoms with E-state index in [9.17, 15) is 19.2 Å². The van der Waals surface area contributed by atoms with Gasteiger partial charge < -0.3 is 26.3 Å². The standard InChI is InChI=1S/C25H27N5O6S/c1-4-36-18(31)13-28-24(33)21(15-7-11-17(35-3)12-8-15)30(16-9-5-14(2)6-10-16)25(34)22-19(26)20(23(27)32)29-37-22/h5-12,21H,4,13,26H2,1-3H3,(H2,27,32)(H,28,33). The second kappa shape index (κ2) is 12.0. The molecule has 1 unspecified atom stereocenters. The van der Waals surface area contributed by atoms with Gasteiger partial charge in [0.05, 0.1) is 19.4 Å². The molecule has 0 aliphatic heterocycles. The van der Waals surface area contributed by atoms with Gasteiger partial charge in [-0.05, 0) is 55.2 Å². The number of amides is 3. The molecular formula is C25H27N5O6S. The minimum absolute atomic E-state index is 0.0638. The maximum atomic E-state index is 13.9. The minimum atomic E-state index is -1.24. The predicted molar refractivity (Wildman–Crippen MR) is 138 cm³/mol. The average molecular weight is 526 g/mol. The van der Waals surface area contributed by atoms with Crippen molar-refractivity contribution in [3.63, 3.8) is 0 Å². The van der Waals surface area contributed by atoms with Gasteiger partial charge in [-0.15, -0.1) is 0 Å². The first-order valence-corrected chi connectivity index (χ1v) is 12.0. The predicted octanol–water partition coefficient (Wildman–Crippen LogP) is 2.21. The van der Waals surface area contributed by atoms with E-state index >= 15 is 0 Å². The van der Waals surface area contributed by atoms with E-state index in [1.807, 2.05) is 6.92 Å². The molecule has 0 saturated heterocycles. The Kier molecular flexibility index (Phi) is 8.80. The molecule has 194 valence electrons. The van der Waals surface area contributed by atoms with Gasteiger partial charge in [-0.25, -0.2) is 0 Å². The van der Waals surface area contributed by atoms with Gasteiger partial charge >= 0.3 is 5.97 Å². The van der Waals surface area contributed by atoms with E-state index < -0.39 is 36.3 Å². The zero-order valence-corrected chi connectivity index (χ0v) is 21.3. The molecule has 0 aliphatic carbocycles. The molecule has 0 fully saturated rings. The first-order chi connectivity index (χ1) is 17.7. The van der Waals surface area contributed by atoms with Gasteiger partial charge in [0.15, 0.2) is 5.69 Å². The third-order valence-corrected chi connectivity index (χ3v) is 6.19. The summed E-state index contributed by atoms with van der Waals surface area (Å²) in [4.78, 5) is 52.3. The van der Waals surface area contributed by atoms with Crippen molar-refractivity contribution in [3.05, 3.63) is 70.2 Å². The molecule has 0 spiro atoms. The average Bonchev–Trinajstić information content (AvgIpc) is 3.28. The van der Waals surface area contributed by atoms with Crippen molar-refractivity contribution in [3.8, 4) is 5.75 Å². The number of esters is 1. The zero-order valence-electron chi connectivity index (χ0n) is 20.5. The van der Waals surface area contributed by atoms with Crippen LogP contribution in [0.3, 0.4) is 0 Å². The normalized spacial score (nSPS) is 11.3. The number of ether oxygens (including phenoxy) is 2. The molecule has 1 atom stereocenters. The number of nitrogens with one attached hydrogen (secondary N) is 1. The lowest BCUT2D eigenvalue weighted by molar-refractivity contribution is -0.143. The van der Waals surface area contributed by atoms with Gasteiger partial charge in [-0.3, -0.25) is 24.1 Å². The van der Waals surface area contributed by atoms with Crippen molar-refractivity contribution in [1.29, 1.82) is 0 Å². The molecule has 3 rings (SSSR count). The van der Waals surface area contributed by atoms with Crippen molar-refractivity contribution in [1.82, 2.24) is 9.69 Å². The molecule has 3 amide bonds. The Morgan fingerprint density at radius 2 is 1.73 bits per heavy atom. The lowest BCUT2D eigenvalue weighted by Crippen LogP contribution is -2.45. The fourth-order valence-electron chi connectivity index (χ4n) is 3.50. The molecule has 1 heterocycles. The summed E-state index contributed by atoms with van der Waals surface area (Å²) >= 11 is 0.701. The summed E-state index contributed by atoms with van der Waals surface area (Å²) in [7, 11) is 1.50. The Balaban J connectivity index is 2.15. The van der Waals surface area contributed by atoms with E-state index in [0.717, 1.165) is 5.56 Å². The highest BCUT2D eigenvalue weighted by atomic mass is 32.1. The highest BCUT2D eigenvalue weighted by Gasteiger charge is 2.36. The van der Waals surface area contributed by atoms with E-state index in [1.165, 1.54) is 12.0 Å². The molecule has 1 aromatic heterocycles. The van der Waals surface area contributed by atoms with Gasteiger partial charge in [-0.1, -0.05) is 29.8 Å². The van der Waals surface area contributed by atoms with Crippen molar-refractivity contribution in [2.24, 2.45) is 5.73 Å². The van der Waals surface area contributed by atoms with Gasteiger partial charge in [0, 0.05) is 5.69 Å². The number of primary amides is 1. The SMILES string of the molecule is CCOC(=O)CNC(=O)C(c1ccc(OC)cc1)N(C(=O)c1snc(C(N)=O)c1N)c1ccc(C)cc1. The topological polar surface area (TPSA) is 167 Å². The number of rotatable bonds is 10. The second-order valence-corrected chi connectivity index (χ2v) is 8.62. The fourth-order valence-corrected chi connectivity index (χ4v) is 4.24. The summed E-state index contributed by atoms with van der Waals surface area (Å²) in [6.07, 6.45) is 0. The molecule has 0 radical (unpaired) electrons. The molecule has 3 aromatic rings. The van der Waals surface area contributed by atoms with Gasteiger partial charge in [0.25, 0.3) is 11.8 Å². The summed E-state index contributed by atoms with van der Waals surface area (Å²) in [5.74, 6) is -2.30. The summed E-state index contributed by atoms with van der Waals surface area (Å²) in [5.41, 5.74) is 12.7. The largest absolute Gasteiger partial charge is 0.497 e. The van der Waals surface area contributed by atoms with Crippen molar-refractivity contribution >= 4 is 46.6 Å². The highest BCUT2D eigenvalue weighted by molar-refractivity contribution is 7.09. The number of aromatic nitrogens is 1. The van der Waals surface area contributed by atoms with Crippen molar-refractivity contribution in [2.75, 3.05) is 30.9 Å². The van der Waals surface area contributed by atoms with E-state index in [2.05, 4.69) is 9.69 Å². The zero-order chi connectivity index (χ0) is 27.1. The number of aryl methyl sites for hydroxylation is 1. The van der Waals surface area contributed by atoms with Gasteiger partial charge in [0.1, 0.15) is 23.2 Å². The van der Waals surface area contributed by atoms with Crippen LogP contribution in [0.2, 0.25) is 0 Å². The Hall–Kier alpha value is -4.45. The third kappa shape index (κ3) is 6.22. The molecule has 5 N–H and O–H groups in total. The summed E-state index contributed by atoms with van der Waals surface area (Å²) < 4.78 is 14.1. The van der Waals surface area contributed by atoms with Gasteiger partial charge in [0.2, 0.25) is 5.91 Å². The molecule has 0 aliphatic rings. The molecule has 0 bridgehead atoms. The van der Waals surface area contributed by atoms with E-state index in [0.29, 0.717) is 28.5 Å². The molecule has 0 saturated carbocycles. The molecule has 2 aromatic carbocycles. The molecular weight excluding hydrogens is 498 g/mol. The number of benzene rings is 2. The molecule has 12 heteroatoms. The fraction of sp³-hybridized carbons (Fsp3) is 0.240. The lowest BCUT2D eigenvalue weighted by Gasteiger charge is -2.31. The van der Waals surface area contributed by atoms with Crippen LogP contribution in [0.25, 0.3) is 0 Å². The third-order valence-electron chi connectivity index (χ3n) is 5.34. The van der Waals surface area contributed by atoms with Gasteiger partial charge in [-0.2, -0.15) is 4.37 Å².